The van der Waals surface area contributed by atoms with Gasteiger partial charge in [-0.05, 0) is 44.5 Å². The van der Waals surface area contributed by atoms with Crippen molar-refractivity contribution < 1.29 is 26.4 Å². The quantitative estimate of drug-likeness (QED) is 0.862. The molecule has 24 heavy (non-hydrogen) atoms. The standard InChI is InChI=1S/C15H19F3N2O3S/c1-19-24(22,23)13-7-2-4-10(8-13)14(21)20-12-6-3-5-11(9-12)15(16,17)18/h2,4,7-8,11-12,19H,3,5-6,9H2,1H3,(H,20,21)/t11-,12-/m1/s1. The smallest absolute Gasteiger partial charge is 0.349 e. The Morgan fingerprint density at radius 2 is 1.96 bits per heavy atom. The highest BCUT2D eigenvalue weighted by Crippen LogP contribution is 2.37. The normalized spacial score (nSPS) is 22.2. The Kier molecular flexibility index (Phi) is 5.54. The van der Waals surface area contributed by atoms with E-state index >= 15 is 0 Å². The van der Waals surface area contributed by atoms with Gasteiger partial charge in [0, 0.05) is 11.6 Å². The molecule has 0 radical (unpaired) electrons. The summed E-state index contributed by atoms with van der Waals surface area (Å²) in [4.78, 5) is 12.2. The van der Waals surface area contributed by atoms with E-state index in [0.29, 0.717) is 12.8 Å². The largest absolute Gasteiger partial charge is 0.391 e. The van der Waals surface area contributed by atoms with E-state index in [1.165, 1.54) is 31.3 Å². The van der Waals surface area contributed by atoms with Gasteiger partial charge in [0.2, 0.25) is 10.0 Å². The van der Waals surface area contributed by atoms with Crippen LogP contribution < -0.4 is 10.0 Å². The predicted molar refractivity (Wildman–Crippen MR) is 82.0 cm³/mol. The highest BCUT2D eigenvalue weighted by atomic mass is 32.2. The number of carbonyl (C=O) groups is 1. The molecule has 1 fully saturated rings. The average Bonchev–Trinajstić information content (AvgIpc) is 2.54. The average molecular weight is 364 g/mol. The van der Waals surface area contributed by atoms with Crippen LogP contribution in [0.2, 0.25) is 0 Å². The van der Waals surface area contributed by atoms with Crippen LogP contribution in [0.1, 0.15) is 36.0 Å². The van der Waals surface area contributed by atoms with Crippen LogP contribution in [0.25, 0.3) is 0 Å². The molecule has 5 nitrogen and oxygen atoms in total. The molecule has 1 amide bonds. The molecule has 1 aromatic rings. The first-order chi connectivity index (χ1) is 11.1. The Hall–Kier alpha value is -1.61. The number of rotatable bonds is 4. The maximum atomic E-state index is 12.8. The second-order valence-corrected chi connectivity index (χ2v) is 7.70. The van der Waals surface area contributed by atoms with Gasteiger partial charge in [0.1, 0.15) is 0 Å². The second-order valence-electron chi connectivity index (χ2n) is 5.81. The van der Waals surface area contributed by atoms with Crippen molar-refractivity contribution in [3.8, 4) is 0 Å². The second kappa shape index (κ2) is 7.10. The van der Waals surface area contributed by atoms with E-state index in [1.54, 1.807) is 0 Å². The summed E-state index contributed by atoms with van der Waals surface area (Å²) in [5, 5.41) is 2.58. The van der Waals surface area contributed by atoms with Gasteiger partial charge in [-0.3, -0.25) is 4.79 Å². The molecule has 0 heterocycles. The number of sulfonamides is 1. The number of hydrogen-bond acceptors (Lipinski definition) is 3. The fraction of sp³-hybridized carbons (Fsp3) is 0.533. The van der Waals surface area contributed by atoms with Gasteiger partial charge < -0.3 is 5.32 Å². The number of hydrogen-bond donors (Lipinski definition) is 2. The molecule has 1 aliphatic carbocycles. The highest BCUT2D eigenvalue weighted by Gasteiger charge is 2.42. The molecule has 0 aromatic heterocycles. The fourth-order valence-corrected chi connectivity index (χ4v) is 3.58. The van der Waals surface area contributed by atoms with Crippen molar-refractivity contribution in [3.05, 3.63) is 29.8 Å². The first-order valence-electron chi connectivity index (χ1n) is 7.54. The van der Waals surface area contributed by atoms with Gasteiger partial charge in [0.05, 0.1) is 10.8 Å². The van der Waals surface area contributed by atoms with Crippen LogP contribution in [-0.2, 0) is 10.0 Å². The fourth-order valence-electron chi connectivity index (χ4n) is 2.81. The van der Waals surface area contributed by atoms with Gasteiger partial charge in [0.15, 0.2) is 0 Å². The minimum Gasteiger partial charge on any atom is -0.349 e. The van der Waals surface area contributed by atoms with E-state index in [-0.39, 0.29) is 23.3 Å². The van der Waals surface area contributed by atoms with E-state index in [2.05, 4.69) is 10.0 Å². The lowest BCUT2D eigenvalue weighted by Gasteiger charge is -2.31. The summed E-state index contributed by atoms with van der Waals surface area (Å²) < 4.78 is 64.1. The topological polar surface area (TPSA) is 75.3 Å². The molecule has 1 aliphatic rings. The zero-order chi connectivity index (χ0) is 18.0. The van der Waals surface area contributed by atoms with Gasteiger partial charge in [0.25, 0.3) is 5.91 Å². The Morgan fingerprint density at radius 3 is 2.58 bits per heavy atom. The zero-order valence-electron chi connectivity index (χ0n) is 13.1. The van der Waals surface area contributed by atoms with Crippen molar-refractivity contribution >= 4 is 15.9 Å². The number of amides is 1. The molecule has 0 unspecified atom stereocenters. The molecular formula is C15H19F3N2O3S. The Bertz CT molecular complexity index is 704. The van der Waals surface area contributed by atoms with Crippen LogP contribution in [0.4, 0.5) is 13.2 Å². The minimum absolute atomic E-state index is 0.0746. The molecule has 2 N–H and O–H groups in total. The van der Waals surface area contributed by atoms with Gasteiger partial charge in [-0.1, -0.05) is 12.5 Å². The van der Waals surface area contributed by atoms with Crippen LogP contribution >= 0.6 is 0 Å². The van der Waals surface area contributed by atoms with Crippen LogP contribution in [0, 0.1) is 5.92 Å². The van der Waals surface area contributed by atoms with Gasteiger partial charge >= 0.3 is 6.18 Å². The third-order valence-corrected chi connectivity index (χ3v) is 5.56. The molecule has 1 aromatic carbocycles. The number of nitrogens with one attached hydrogen (secondary N) is 2. The zero-order valence-corrected chi connectivity index (χ0v) is 13.9. The summed E-state index contributed by atoms with van der Waals surface area (Å²) in [5.41, 5.74) is 0.0976. The van der Waals surface area contributed by atoms with Gasteiger partial charge in [-0.15, -0.1) is 0 Å². The van der Waals surface area contributed by atoms with E-state index in [4.69, 9.17) is 0 Å². The van der Waals surface area contributed by atoms with Crippen molar-refractivity contribution in [2.24, 2.45) is 5.92 Å². The summed E-state index contributed by atoms with van der Waals surface area (Å²) >= 11 is 0. The maximum Gasteiger partial charge on any atom is 0.391 e. The molecule has 9 heteroatoms. The summed E-state index contributed by atoms with van der Waals surface area (Å²) in [5.74, 6) is -1.98. The summed E-state index contributed by atoms with van der Waals surface area (Å²) in [6.45, 7) is 0. The van der Waals surface area contributed by atoms with Crippen molar-refractivity contribution in [1.29, 1.82) is 0 Å². The highest BCUT2D eigenvalue weighted by molar-refractivity contribution is 7.89. The van der Waals surface area contributed by atoms with Gasteiger partial charge in [-0.25, -0.2) is 13.1 Å². The first-order valence-corrected chi connectivity index (χ1v) is 9.03. The number of benzene rings is 1. The van der Waals surface area contributed by atoms with E-state index in [1.807, 2.05) is 0 Å². The molecule has 2 atom stereocenters. The Balaban J connectivity index is 2.09. The molecular weight excluding hydrogens is 345 g/mol. The van der Waals surface area contributed by atoms with Crippen molar-refractivity contribution in [3.63, 3.8) is 0 Å². The first kappa shape index (κ1) is 18.7. The molecule has 1 saturated carbocycles. The summed E-state index contributed by atoms with van der Waals surface area (Å²) in [7, 11) is -2.44. The lowest BCUT2D eigenvalue weighted by Crippen LogP contribution is -2.41. The number of halogens is 3. The van der Waals surface area contributed by atoms with Crippen LogP contribution in [0.3, 0.4) is 0 Å². The van der Waals surface area contributed by atoms with Crippen molar-refractivity contribution in [1.82, 2.24) is 10.0 Å². The number of alkyl halides is 3. The van der Waals surface area contributed by atoms with Gasteiger partial charge in [-0.2, -0.15) is 13.2 Å². The maximum absolute atomic E-state index is 12.8. The van der Waals surface area contributed by atoms with Crippen LogP contribution in [0.5, 0.6) is 0 Å². The van der Waals surface area contributed by atoms with E-state index in [9.17, 15) is 26.4 Å². The molecule has 0 spiro atoms. The lowest BCUT2D eigenvalue weighted by atomic mass is 9.85. The minimum atomic E-state index is -4.26. The van der Waals surface area contributed by atoms with E-state index < -0.39 is 34.1 Å². The molecule has 2 rings (SSSR count). The Labute approximate surface area is 138 Å². The Morgan fingerprint density at radius 1 is 1.25 bits per heavy atom. The van der Waals surface area contributed by atoms with Crippen LogP contribution in [-0.4, -0.2) is 33.6 Å². The lowest BCUT2D eigenvalue weighted by molar-refractivity contribution is -0.183. The van der Waals surface area contributed by atoms with E-state index in [0.717, 1.165) is 0 Å². The summed E-state index contributed by atoms with van der Waals surface area (Å²) in [6, 6.07) is 4.81. The molecule has 0 aliphatic heterocycles. The monoisotopic (exact) mass is 364 g/mol. The van der Waals surface area contributed by atoms with Crippen LogP contribution in [0.15, 0.2) is 29.2 Å². The summed E-state index contributed by atoms with van der Waals surface area (Å²) in [6.07, 6.45) is -3.46. The SMILES string of the molecule is CNS(=O)(=O)c1cccc(C(=O)N[C@@H]2CCC[C@@H](C(F)(F)F)C2)c1. The van der Waals surface area contributed by atoms with Crippen molar-refractivity contribution in [2.45, 2.75) is 42.8 Å². The molecule has 134 valence electrons. The van der Waals surface area contributed by atoms with Crippen molar-refractivity contribution in [2.75, 3.05) is 7.05 Å². The predicted octanol–water partition coefficient (Wildman–Crippen LogP) is 2.45. The third-order valence-electron chi connectivity index (χ3n) is 4.15. The third kappa shape index (κ3) is 4.47. The molecule has 0 saturated heterocycles. The molecule has 0 bridgehead atoms. The number of carbonyl (C=O) groups excluding carboxylic acids is 1.